The minimum atomic E-state index is 0.351. The molecule has 0 heterocycles. The second kappa shape index (κ2) is 6.87. The van der Waals surface area contributed by atoms with Gasteiger partial charge in [0.1, 0.15) is 0 Å². The van der Waals surface area contributed by atoms with E-state index in [1.165, 1.54) is 32.1 Å². The molecule has 0 aromatic carbocycles. The van der Waals surface area contributed by atoms with Gasteiger partial charge in [-0.1, -0.05) is 31.4 Å². The Balaban J connectivity index is 2.56. The van der Waals surface area contributed by atoms with E-state index in [-0.39, 0.29) is 0 Å². The highest BCUT2D eigenvalue weighted by atomic mass is 15.1. The number of nitrogens with two attached hydrogens (primary N) is 1. The Kier molecular flexibility index (Phi) is 5.78. The molecule has 92 valence electrons. The molecule has 1 saturated carbocycles. The van der Waals surface area contributed by atoms with Gasteiger partial charge in [0.2, 0.25) is 0 Å². The molecule has 0 unspecified atom stereocenters. The summed E-state index contributed by atoms with van der Waals surface area (Å²) in [4.78, 5) is 2.40. The lowest BCUT2D eigenvalue weighted by Gasteiger charge is -2.40. The molecule has 1 fully saturated rings. The van der Waals surface area contributed by atoms with E-state index in [2.05, 4.69) is 18.1 Å². The van der Waals surface area contributed by atoms with E-state index >= 15 is 0 Å². The van der Waals surface area contributed by atoms with Crippen molar-refractivity contribution in [3.05, 3.63) is 25.3 Å². The van der Waals surface area contributed by atoms with Gasteiger partial charge in [0.25, 0.3) is 0 Å². The molecule has 0 atom stereocenters. The van der Waals surface area contributed by atoms with Crippen LogP contribution in [0.15, 0.2) is 25.3 Å². The average Bonchev–Trinajstić information content (AvgIpc) is 2.31. The quantitative estimate of drug-likeness (QED) is 0.671. The number of rotatable bonds is 7. The van der Waals surface area contributed by atoms with E-state index < -0.39 is 0 Å². The van der Waals surface area contributed by atoms with Gasteiger partial charge < -0.3 is 5.73 Å². The first-order valence-electron chi connectivity index (χ1n) is 6.40. The number of hydrogen-bond donors (Lipinski definition) is 1. The third kappa shape index (κ3) is 3.76. The molecule has 0 saturated heterocycles. The van der Waals surface area contributed by atoms with Crippen LogP contribution in [0.1, 0.15) is 32.1 Å². The van der Waals surface area contributed by atoms with E-state index in [4.69, 9.17) is 5.73 Å². The lowest BCUT2D eigenvalue weighted by Crippen LogP contribution is -2.44. The van der Waals surface area contributed by atoms with Crippen molar-refractivity contribution in [2.24, 2.45) is 11.1 Å². The fourth-order valence-corrected chi connectivity index (χ4v) is 2.77. The van der Waals surface area contributed by atoms with Gasteiger partial charge in [-0.05, 0) is 24.8 Å². The van der Waals surface area contributed by atoms with Crippen molar-refractivity contribution < 1.29 is 0 Å². The Morgan fingerprint density at radius 1 is 1.06 bits per heavy atom. The minimum absolute atomic E-state index is 0.351. The third-order valence-electron chi connectivity index (χ3n) is 3.68. The van der Waals surface area contributed by atoms with Crippen molar-refractivity contribution in [3.8, 4) is 0 Å². The maximum atomic E-state index is 6.00. The molecular weight excluding hydrogens is 196 g/mol. The van der Waals surface area contributed by atoms with Crippen molar-refractivity contribution in [2.45, 2.75) is 32.1 Å². The van der Waals surface area contributed by atoms with Crippen LogP contribution >= 0.6 is 0 Å². The lowest BCUT2D eigenvalue weighted by molar-refractivity contribution is 0.126. The molecule has 2 nitrogen and oxygen atoms in total. The summed E-state index contributed by atoms with van der Waals surface area (Å²) in [6.07, 6.45) is 10.6. The highest BCUT2D eigenvalue weighted by Gasteiger charge is 2.31. The Hall–Kier alpha value is -0.600. The van der Waals surface area contributed by atoms with Crippen LogP contribution in [0.5, 0.6) is 0 Å². The molecule has 0 spiro atoms. The SMILES string of the molecule is C=CCN(CC=C)CC1(CN)CCCCC1. The van der Waals surface area contributed by atoms with Crippen LogP contribution in [0.25, 0.3) is 0 Å². The normalized spacial score (nSPS) is 19.6. The van der Waals surface area contributed by atoms with E-state index in [0.29, 0.717) is 5.41 Å². The summed E-state index contributed by atoms with van der Waals surface area (Å²) in [5, 5.41) is 0. The van der Waals surface area contributed by atoms with Crippen molar-refractivity contribution in [3.63, 3.8) is 0 Å². The molecule has 1 rings (SSSR count). The van der Waals surface area contributed by atoms with E-state index in [0.717, 1.165) is 26.2 Å². The summed E-state index contributed by atoms with van der Waals surface area (Å²) in [5.74, 6) is 0. The number of nitrogens with zero attached hydrogens (tertiary/aromatic N) is 1. The molecule has 0 aromatic heterocycles. The molecule has 2 heteroatoms. The molecule has 1 aliphatic carbocycles. The van der Waals surface area contributed by atoms with Gasteiger partial charge in [0.15, 0.2) is 0 Å². The van der Waals surface area contributed by atoms with Crippen LogP contribution in [0.2, 0.25) is 0 Å². The van der Waals surface area contributed by atoms with Gasteiger partial charge in [0, 0.05) is 19.6 Å². The molecule has 0 amide bonds. The first-order chi connectivity index (χ1) is 7.76. The van der Waals surface area contributed by atoms with Gasteiger partial charge in [-0.3, -0.25) is 4.90 Å². The maximum Gasteiger partial charge on any atom is 0.0164 e. The van der Waals surface area contributed by atoms with Gasteiger partial charge in [-0.25, -0.2) is 0 Å². The minimum Gasteiger partial charge on any atom is -0.330 e. The second-order valence-corrected chi connectivity index (χ2v) is 5.04. The zero-order valence-electron chi connectivity index (χ0n) is 10.5. The van der Waals surface area contributed by atoms with E-state index in [1.807, 2.05) is 12.2 Å². The van der Waals surface area contributed by atoms with Crippen molar-refractivity contribution >= 4 is 0 Å². The zero-order chi connectivity index (χ0) is 11.9. The summed E-state index contributed by atoms with van der Waals surface area (Å²) in [6.45, 7) is 11.4. The summed E-state index contributed by atoms with van der Waals surface area (Å²) < 4.78 is 0. The molecule has 0 aromatic rings. The smallest absolute Gasteiger partial charge is 0.0164 e. The predicted molar refractivity (Wildman–Crippen MR) is 71.4 cm³/mol. The summed E-state index contributed by atoms with van der Waals surface area (Å²) in [6, 6.07) is 0. The van der Waals surface area contributed by atoms with Gasteiger partial charge in [-0.2, -0.15) is 0 Å². The fraction of sp³-hybridized carbons (Fsp3) is 0.714. The molecule has 0 bridgehead atoms. The van der Waals surface area contributed by atoms with Crippen molar-refractivity contribution in [1.29, 1.82) is 0 Å². The van der Waals surface area contributed by atoms with Crippen LogP contribution in [-0.2, 0) is 0 Å². The molecule has 16 heavy (non-hydrogen) atoms. The first kappa shape index (κ1) is 13.5. The Bertz CT molecular complexity index is 207. The Labute approximate surface area is 100 Å². The van der Waals surface area contributed by atoms with Crippen molar-refractivity contribution in [1.82, 2.24) is 4.90 Å². The topological polar surface area (TPSA) is 29.3 Å². The monoisotopic (exact) mass is 222 g/mol. The van der Waals surface area contributed by atoms with Gasteiger partial charge >= 0.3 is 0 Å². The highest BCUT2D eigenvalue weighted by Crippen LogP contribution is 2.36. The van der Waals surface area contributed by atoms with Crippen LogP contribution < -0.4 is 5.73 Å². The summed E-state index contributed by atoms with van der Waals surface area (Å²) in [5.41, 5.74) is 6.35. The van der Waals surface area contributed by atoms with Crippen LogP contribution in [0.3, 0.4) is 0 Å². The van der Waals surface area contributed by atoms with Gasteiger partial charge in [0.05, 0.1) is 0 Å². The maximum absolute atomic E-state index is 6.00. The second-order valence-electron chi connectivity index (χ2n) is 5.04. The summed E-state index contributed by atoms with van der Waals surface area (Å²) in [7, 11) is 0. The lowest BCUT2D eigenvalue weighted by atomic mass is 9.73. The van der Waals surface area contributed by atoms with Crippen LogP contribution in [-0.4, -0.2) is 31.1 Å². The average molecular weight is 222 g/mol. The van der Waals surface area contributed by atoms with E-state index in [9.17, 15) is 0 Å². The molecule has 0 aliphatic heterocycles. The largest absolute Gasteiger partial charge is 0.330 e. The van der Waals surface area contributed by atoms with E-state index in [1.54, 1.807) is 0 Å². The molecule has 0 radical (unpaired) electrons. The Morgan fingerprint density at radius 2 is 1.62 bits per heavy atom. The first-order valence-corrected chi connectivity index (χ1v) is 6.40. The predicted octanol–water partition coefficient (Wildman–Crippen LogP) is 2.57. The summed E-state index contributed by atoms with van der Waals surface area (Å²) >= 11 is 0. The fourth-order valence-electron chi connectivity index (χ4n) is 2.77. The van der Waals surface area contributed by atoms with Crippen LogP contribution in [0.4, 0.5) is 0 Å². The standard InChI is InChI=1S/C14H26N2/c1-3-10-16(11-4-2)13-14(12-15)8-6-5-7-9-14/h3-4H,1-2,5-13,15H2. The van der Waals surface area contributed by atoms with Crippen LogP contribution in [0, 0.1) is 5.41 Å². The van der Waals surface area contributed by atoms with Crippen molar-refractivity contribution in [2.75, 3.05) is 26.2 Å². The third-order valence-corrected chi connectivity index (χ3v) is 3.68. The molecule has 1 aliphatic rings. The molecule has 2 N–H and O–H groups in total. The Morgan fingerprint density at radius 3 is 2.06 bits per heavy atom. The highest BCUT2D eigenvalue weighted by molar-refractivity contribution is 4.90. The zero-order valence-corrected chi connectivity index (χ0v) is 10.5. The molecular formula is C14H26N2. The number of hydrogen-bond acceptors (Lipinski definition) is 2. The van der Waals surface area contributed by atoms with Gasteiger partial charge in [-0.15, -0.1) is 13.2 Å².